The number of quaternary nitrogens is 1. The summed E-state index contributed by atoms with van der Waals surface area (Å²) in [5, 5.41) is 0.214. The fourth-order valence-corrected chi connectivity index (χ4v) is 28.1. The van der Waals surface area contributed by atoms with Crippen LogP contribution in [-0.2, 0) is 0 Å². The van der Waals surface area contributed by atoms with Crippen molar-refractivity contribution in [2.75, 3.05) is 19.6 Å². The Bertz CT molecular complexity index is 924. The van der Waals surface area contributed by atoms with Gasteiger partial charge in [-0.1, -0.05) is 0 Å². The average Bonchev–Trinajstić information content (AvgIpc) is 2.81. The maximum absolute atomic E-state index is 8.10. The number of hydrogen-bond acceptors (Lipinski definition) is 0. The molecular weight excluding hydrogens is 466 g/mol. The van der Waals surface area contributed by atoms with E-state index in [1.54, 1.807) is 0 Å². The van der Waals surface area contributed by atoms with E-state index >= 15 is 0 Å². The molecule has 2 unspecified atom stereocenters. The molecule has 0 bridgehead atoms. The van der Waals surface area contributed by atoms with E-state index in [1.807, 2.05) is 0 Å². The van der Waals surface area contributed by atoms with Gasteiger partial charge in [0.05, 0.1) is 0 Å². The summed E-state index contributed by atoms with van der Waals surface area (Å²) in [6.07, 6.45) is 0. The molecule has 0 aliphatic carbocycles. The number of benzene rings is 3. The van der Waals surface area contributed by atoms with Gasteiger partial charge in [-0.2, -0.15) is 0 Å². The number of hydrogen-bond donors (Lipinski definition) is 0. The first-order valence-electron chi connectivity index (χ1n) is 10.5. The second-order valence-electron chi connectivity index (χ2n) is 7.33. The zero-order chi connectivity index (χ0) is 21.7. The summed E-state index contributed by atoms with van der Waals surface area (Å²) < 4.78 is 0.735. The van der Waals surface area contributed by atoms with Crippen molar-refractivity contribution in [1.82, 2.24) is 0 Å². The van der Waals surface area contributed by atoms with E-state index in [0.717, 1.165) is 29.2 Å². The molecule has 3 rings (SSSR count). The van der Waals surface area contributed by atoms with Gasteiger partial charge in [0.2, 0.25) is 0 Å². The SMILES string of the molecule is CC[N+](CC)(CC)P(Cl)(Cl)(c1ccccc1)P(Pc1ccccc1)c1ccccc1. The van der Waals surface area contributed by atoms with Crippen LogP contribution in [0.25, 0.3) is 0 Å². The molecule has 1 nitrogen and oxygen atoms in total. The van der Waals surface area contributed by atoms with Gasteiger partial charge in [-0.3, -0.25) is 0 Å². The Morgan fingerprint density at radius 3 is 1.60 bits per heavy atom. The van der Waals surface area contributed by atoms with Crippen LogP contribution < -0.4 is 15.9 Å². The summed E-state index contributed by atoms with van der Waals surface area (Å²) in [6, 6.07) is 32.0. The third kappa shape index (κ3) is 4.11. The van der Waals surface area contributed by atoms with Gasteiger partial charge in [0.1, 0.15) is 0 Å². The second-order valence-corrected chi connectivity index (χ2v) is 24.8. The molecule has 0 amide bonds. The van der Waals surface area contributed by atoms with Crippen LogP contribution in [-0.4, -0.2) is 23.9 Å². The van der Waals surface area contributed by atoms with Crippen LogP contribution in [0.1, 0.15) is 20.8 Å². The second kappa shape index (κ2) is 9.96. The van der Waals surface area contributed by atoms with E-state index in [0.29, 0.717) is 8.27 Å². The summed E-state index contributed by atoms with van der Waals surface area (Å²) in [5.41, 5.74) is 0. The minimum absolute atomic E-state index is 0.547. The van der Waals surface area contributed by atoms with Crippen LogP contribution in [0, 0.1) is 0 Å². The summed E-state index contributed by atoms with van der Waals surface area (Å²) in [7, 11) is -0.333. The van der Waals surface area contributed by atoms with Gasteiger partial charge in [0, 0.05) is 0 Å². The molecule has 0 aliphatic heterocycles. The van der Waals surface area contributed by atoms with Gasteiger partial charge >= 0.3 is 195 Å². The van der Waals surface area contributed by atoms with E-state index < -0.39 is 12.4 Å². The maximum atomic E-state index is 8.10. The topological polar surface area (TPSA) is 0 Å². The van der Waals surface area contributed by atoms with Crippen molar-refractivity contribution in [3.8, 4) is 0 Å². The van der Waals surface area contributed by atoms with Crippen molar-refractivity contribution in [2.45, 2.75) is 20.8 Å². The summed E-state index contributed by atoms with van der Waals surface area (Å²) >= 11 is 16.2. The fourth-order valence-electron chi connectivity index (χ4n) is 4.17. The molecule has 3 aromatic carbocycles. The van der Waals surface area contributed by atoms with E-state index in [-0.39, 0.29) is 0 Å². The van der Waals surface area contributed by atoms with Crippen molar-refractivity contribution in [2.24, 2.45) is 0 Å². The molecule has 0 N–H and O–H groups in total. The Balaban J connectivity index is 2.35. The molecule has 30 heavy (non-hydrogen) atoms. The first kappa shape index (κ1) is 24.1. The van der Waals surface area contributed by atoms with Gasteiger partial charge in [-0.15, -0.1) is 0 Å². The number of halogens is 2. The number of rotatable bonds is 9. The van der Waals surface area contributed by atoms with Gasteiger partial charge in [-0.25, -0.2) is 0 Å². The molecule has 0 spiro atoms. The molecule has 0 fully saturated rings. The Morgan fingerprint density at radius 2 is 1.13 bits per heavy atom. The molecule has 0 aromatic heterocycles. The molecule has 0 saturated heterocycles. The third-order valence-electron chi connectivity index (χ3n) is 6.02. The Labute approximate surface area is 194 Å². The van der Waals surface area contributed by atoms with Crippen molar-refractivity contribution in [3.05, 3.63) is 91.0 Å². The quantitative estimate of drug-likeness (QED) is 0.267. The van der Waals surface area contributed by atoms with Crippen LogP contribution in [0.2, 0.25) is 0 Å². The Morgan fingerprint density at radius 1 is 0.700 bits per heavy atom. The van der Waals surface area contributed by atoms with Gasteiger partial charge < -0.3 is 0 Å². The van der Waals surface area contributed by atoms with Gasteiger partial charge in [0.15, 0.2) is 0 Å². The summed E-state index contributed by atoms with van der Waals surface area (Å²) in [5.74, 6) is 0. The van der Waals surface area contributed by atoms with E-state index in [9.17, 15) is 0 Å². The summed E-state index contributed by atoms with van der Waals surface area (Å²) in [6.45, 7) is 9.47. The van der Waals surface area contributed by atoms with E-state index in [1.165, 1.54) is 10.6 Å². The predicted molar refractivity (Wildman–Crippen MR) is 144 cm³/mol. The third-order valence-corrected chi connectivity index (χ3v) is 31.0. The van der Waals surface area contributed by atoms with Crippen molar-refractivity contribution in [1.29, 1.82) is 0 Å². The van der Waals surface area contributed by atoms with E-state index in [2.05, 4.69) is 112 Å². The van der Waals surface area contributed by atoms with Crippen molar-refractivity contribution in [3.63, 3.8) is 0 Å². The zero-order valence-electron chi connectivity index (χ0n) is 17.9. The standard InChI is InChI=1S/C24H31Cl2NP3/c1-4-27(5-2,6-3)30(25,26,24-20-14-9-15-21-24)29(23-18-12-8-13-19-23)28-22-16-10-7-11-17-22/h7-21,28H,4-6H2,1-3H3/q+1. The van der Waals surface area contributed by atoms with Crippen LogP contribution in [0.3, 0.4) is 0 Å². The molecule has 160 valence electrons. The van der Waals surface area contributed by atoms with Crippen LogP contribution >= 0.6 is 43.2 Å². The first-order valence-corrected chi connectivity index (χ1v) is 18.3. The molecular formula is C24H31Cl2NP3+. The van der Waals surface area contributed by atoms with Crippen molar-refractivity contribution < 1.29 is 4.25 Å². The minimum atomic E-state index is -3.52. The van der Waals surface area contributed by atoms with Crippen LogP contribution in [0.4, 0.5) is 0 Å². The van der Waals surface area contributed by atoms with Crippen LogP contribution in [0.5, 0.6) is 0 Å². The molecule has 3 aromatic rings. The molecule has 0 heterocycles. The number of nitrogens with zero attached hydrogens (tertiary/aromatic N) is 1. The monoisotopic (exact) mass is 496 g/mol. The van der Waals surface area contributed by atoms with Crippen LogP contribution in [0.15, 0.2) is 91.0 Å². The molecule has 0 radical (unpaired) electrons. The van der Waals surface area contributed by atoms with Crippen molar-refractivity contribution >= 4 is 59.1 Å². The predicted octanol–water partition coefficient (Wildman–Crippen LogP) is 7.61. The molecule has 2 atom stereocenters. The molecule has 0 aliphatic rings. The zero-order valence-corrected chi connectivity index (χ0v) is 22.2. The fraction of sp³-hybridized carbons (Fsp3) is 0.250. The Kier molecular flexibility index (Phi) is 8.02. The molecule has 6 heteroatoms. The van der Waals surface area contributed by atoms with Gasteiger partial charge in [0.25, 0.3) is 0 Å². The average molecular weight is 497 g/mol. The van der Waals surface area contributed by atoms with Gasteiger partial charge in [-0.05, 0) is 0 Å². The summed E-state index contributed by atoms with van der Waals surface area (Å²) in [4.78, 5) is 0. The first-order chi connectivity index (χ1) is 14.4. The van der Waals surface area contributed by atoms with E-state index in [4.69, 9.17) is 22.5 Å². The molecule has 0 saturated carbocycles. The Hall–Kier alpha value is -0.510. The normalized spacial score (nSPS) is 15.0.